The van der Waals surface area contributed by atoms with Gasteiger partial charge in [0.25, 0.3) is 0 Å². The summed E-state index contributed by atoms with van der Waals surface area (Å²) in [6.45, 7) is 3.73. The van der Waals surface area contributed by atoms with Gasteiger partial charge in [-0.2, -0.15) is 10.4 Å². The topological polar surface area (TPSA) is 58.6 Å². The maximum Gasteiger partial charge on any atom is 0.120 e. The number of nitrogens with one attached hydrogen (secondary N) is 1. The standard InChI is InChI=1S/C14H19N5/c1-11-12(8-14(9-15)18(11)2)10-16-6-4-13-5-7-17-19(13)3/h5,7-8,16H,4,6,10H2,1-3H3. The molecule has 0 saturated heterocycles. The molecule has 0 saturated carbocycles. The number of rotatable bonds is 5. The molecule has 0 atom stereocenters. The van der Waals surface area contributed by atoms with Crippen LogP contribution in [0.2, 0.25) is 0 Å². The Morgan fingerprint density at radius 1 is 1.42 bits per heavy atom. The van der Waals surface area contributed by atoms with Gasteiger partial charge in [0, 0.05) is 51.2 Å². The number of nitriles is 1. The van der Waals surface area contributed by atoms with Crippen LogP contribution >= 0.6 is 0 Å². The number of nitrogens with zero attached hydrogens (tertiary/aromatic N) is 4. The molecule has 0 amide bonds. The van der Waals surface area contributed by atoms with Crippen LogP contribution < -0.4 is 5.32 Å². The minimum Gasteiger partial charge on any atom is -0.340 e. The van der Waals surface area contributed by atoms with Crippen LogP contribution in [-0.4, -0.2) is 20.9 Å². The van der Waals surface area contributed by atoms with Crippen molar-refractivity contribution in [2.45, 2.75) is 19.9 Å². The molecule has 1 N–H and O–H groups in total. The molecule has 0 aliphatic heterocycles. The zero-order valence-corrected chi connectivity index (χ0v) is 11.6. The Labute approximate surface area is 113 Å². The summed E-state index contributed by atoms with van der Waals surface area (Å²) >= 11 is 0. The predicted octanol–water partition coefficient (Wildman–Crippen LogP) is 1.27. The van der Waals surface area contributed by atoms with Gasteiger partial charge in [-0.15, -0.1) is 0 Å². The van der Waals surface area contributed by atoms with Gasteiger partial charge in [0.15, 0.2) is 0 Å². The van der Waals surface area contributed by atoms with Crippen LogP contribution in [0.15, 0.2) is 18.3 Å². The van der Waals surface area contributed by atoms with E-state index < -0.39 is 0 Å². The minimum atomic E-state index is 0.709. The molecular weight excluding hydrogens is 238 g/mol. The second-order valence-electron chi connectivity index (χ2n) is 4.68. The lowest BCUT2D eigenvalue weighted by Gasteiger charge is -2.05. The van der Waals surface area contributed by atoms with Crippen LogP contribution in [0.5, 0.6) is 0 Å². The van der Waals surface area contributed by atoms with Gasteiger partial charge in [0.2, 0.25) is 0 Å². The van der Waals surface area contributed by atoms with Gasteiger partial charge < -0.3 is 9.88 Å². The summed E-state index contributed by atoms with van der Waals surface area (Å²) in [7, 11) is 3.88. The molecule has 0 aliphatic carbocycles. The summed E-state index contributed by atoms with van der Waals surface area (Å²) in [6, 6.07) is 6.18. The van der Waals surface area contributed by atoms with Crippen LogP contribution in [-0.2, 0) is 27.1 Å². The Balaban J connectivity index is 1.87. The molecule has 5 heteroatoms. The second-order valence-corrected chi connectivity index (χ2v) is 4.68. The molecule has 0 unspecified atom stereocenters. The lowest BCUT2D eigenvalue weighted by molar-refractivity contribution is 0.641. The molecule has 100 valence electrons. The highest BCUT2D eigenvalue weighted by Crippen LogP contribution is 2.12. The molecule has 0 aliphatic rings. The van der Waals surface area contributed by atoms with Crippen molar-refractivity contribution in [3.05, 3.63) is 41.0 Å². The summed E-state index contributed by atoms with van der Waals surface area (Å²) in [4.78, 5) is 0. The summed E-state index contributed by atoms with van der Waals surface area (Å²) in [6.07, 6.45) is 2.77. The molecule has 5 nitrogen and oxygen atoms in total. The Morgan fingerprint density at radius 2 is 2.21 bits per heavy atom. The average Bonchev–Trinajstić information content (AvgIpc) is 2.92. The summed E-state index contributed by atoms with van der Waals surface area (Å²) in [5.41, 5.74) is 4.25. The fraction of sp³-hybridized carbons (Fsp3) is 0.429. The van der Waals surface area contributed by atoms with E-state index in [9.17, 15) is 0 Å². The van der Waals surface area contributed by atoms with Crippen LogP contribution in [0.3, 0.4) is 0 Å². The fourth-order valence-electron chi connectivity index (χ4n) is 2.13. The molecule has 2 heterocycles. The van der Waals surface area contributed by atoms with E-state index in [1.807, 2.05) is 48.6 Å². The summed E-state index contributed by atoms with van der Waals surface area (Å²) in [5.74, 6) is 0. The van der Waals surface area contributed by atoms with Gasteiger partial charge in [0.05, 0.1) is 0 Å². The molecule has 0 spiro atoms. The number of aromatic nitrogens is 3. The largest absolute Gasteiger partial charge is 0.340 e. The maximum atomic E-state index is 8.98. The fourth-order valence-corrected chi connectivity index (χ4v) is 2.13. The minimum absolute atomic E-state index is 0.709. The van der Waals surface area contributed by atoms with Gasteiger partial charge in [-0.25, -0.2) is 0 Å². The van der Waals surface area contributed by atoms with Crippen molar-refractivity contribution in [1.29, 1.82) is 5.26 Å². The van der Waals surface area contributed by atoms with Crippen molar-refractivity contribution in [2.24, 2.45) is 14.1 Å². The zero-order valence-electron chi connectivity index (χ0n) is 11.6. The van der Waals surface area contributed by atoms with Crippen LogP contribution in [0, 0.1) is 18.3 Å². The molecule has 2 aromatic rings. The van der Waals surface area contributed by atoms with Crippen LogP contribution in [0.25, 0.3) is 0 Å². The Bertz CT molecular complexity index is 600. The molecule has 2 aromatic heterocycles. The third-order valence-electron chi connectivity index (χ3n) is 3.55. The highest BCUT2D eigenvalue weighted by atomic mass is 15.3. The summed E-state index contributed by atoms with van der Waals surface area (Å²) < 4.78 is 3.82. The van der Waals surface area contributed by atoms with Crippen molar-refractivity contribution in [3.8, 4) is 6.07 Å². The quantitative estimate of drug-likeness (QED) is 0.821. The van der Waals surface area contributed by atoms with Gasteiger partial charge in [-0.05, 0) is 24.6 Å². The van der Waals surface area contributed by atoms with Gasteiger partial charge >= 0.3 is 0 Å². The molecule has 19 heavy (non-hydrogen) atoms. The average molecular weight is 257 g/mol. The van der Waals surface area contributed by atoms with Gasteiger partial charge in [0.1, 0.15) is 11.8 Å². The Hall–Kier alpha value is -2.06. The highest BCUT2D eigenvalue weighted by molar-refractivity contribution is 5.34. The highest BCUT2D eigenvalue weighted by Gasteiger charge is 2.07. The van der Waals surface area contributed by atoms with E-state index in [0.29, 0.717) is 5.69 Å². The summed E-state index contributed by atoms with van der Waals surface area (Å²) in [5, 5.41) is 16.5. The first-order valence-electron chi connectivity index (χ1n) is 6.36. The van der Waals surface area contributed by atoms with E-state index in [-0.39, 0.29) is 0 Å². The first-order valence-corrected chi connectivity index (χ1v) is 6.36. The molecule has 2 rings (SSSR count). The number of aryl methyl sites for hydroxylation is 1. The second kappa shape index (κ2) is 5.72. The normalized spacial score (nSPS) is 10.6. The number of hydrogen-bond donors (Lipinski definition) is 1. The van der Waals surface area contributed by atoms with E-state index in [1.165, 1.54) is 11.3 Å². The van der Waals surface area contributed by atoms with E-state index in [4.69, 9.17) is 5.26 Å². The zero-order chi connectivity index (χ0) is 13.8. The van der Waals surface area contributed by atoms with Crippen LogP contribution in [0.4, 0.5) is 0 Å². The van der Waals surface area contributed by atoms with Crippen molar-refractivity contribution >= 4 is 0 Å². The first-order chi connectivity index (χ1) is 9.13. The van der Waals surface area contributed by atoms with Crippen LogP contribution in [0.1, 0.15) is 22.6 Å². The lowest BCUT2D eigenvalue weighted by atomic mass is 10.2. The van der Waals surface area contributed by atoms with Crippen molar-refractivity contribution < 1.29 is 0 Å². The van der Waals surface area contributed by atoms with Crippen molar-refractivity contribution in [1.82, 2.24) is 19.7 Å². The molecule has 0 bridgehead atoms. The van der Waals surface area contributed by atoms with Gasteiger partial charge in [-0.1, -0.05) is 0 Å². The molecule has 0 fully saturated rings. The van der Waals surface area contributed by atoms with E-state index in [2.05, 4.69) is 16.5 Å². The smallest absolute Gasteiger partial charge is 0.120 e. The molecule has 0 radical (unpaired) electrons. The number of hydrogen-bond acceptors (Lipinski definition) is 3. The lowest BCUT2D eigenvalue weighted by Crippen LogP contribution is -2.18. The van der Waals surface area contributed by atoms with Crippen molar-refractivity contribution in [2.75, 3.05) is 6.54 Å². The molecular formula is C14H19N5. The third kappa shape index (κ3) is 2.85. The van der Waals surface area contributed by atoms with Crippen molar-refractivity contribution in [3.63, 3.8) is 0 Å². The van der Waals surface area contributed by atoms with Gasteiger partial charge in [-0.3, -0.25) is 4.68 Å². The third-order valence-corrected chi connectivity index (χ3v) is 3.55. The molecule has 0 aromatic carbocycles. The Morgan fingerprint density at radius 3 is 2.79 bits per heavy atom. The maximum absolute atomic E-state index is 8.98. The first kappa shape index (κ1) is 13.4. The Kier molecular flexibility index (Phi) is 4.03. The van der Waals surface area contributed by atoms with E-state index in [1.54, 1.807) is 0 Å². The SMILES string of the molecule is Cc1c(CNCCc2ccnn2C)cc(C#N)n1C. The predicted molar refractivity (Wildman–Crippen MR) is 73.5 cm³/mol. The van der Waals surface area contributed by atoms with E-state index >= 15 is 0 Å². The monoisotopic (exact) mass is 257 g/mol. The van der Waals surface area contributed by atoms with E-state index in [0.717, 1.165) is 25.2 Å².